The molecule has 0 bridgehead atoms. The second-order valence-electron chi connectivity index (χ2n) is 5.65. The smallest absolute Gasteiger partial charge is 0.253 e. The monoisotopic (exact) mass is 280 g/mol. The van der Waals surface area contributed by atoms with Crippen molar-refractivity contribution in [3.05, 3.63) is 34.3 Å². The van der Waals surface area contributed by atoms with Gasteiger partial charge in [-0.1, -0.05) is 17.7 Å². The minimum atomic E-state index is 0.0878. The quantitative estimate of drug-likeness (QED) is 0.849. The molecule has 0 N–H and O–H groups in total. The zero-order valence-electron chi connectivity index (χ0n) is 11.8. The Balaban J connectivity index is 2.22. The molecule has 1 unspecified atom stereocenters. The van der Waals surface area contributed by atoms with E-state index in [1.54, 1.807) is 6.07 Å². The summed E-state index contributed by atoms with van der Waals surface area (Å²) in [5.41, 5.74) is 1.89. The predicted molar refractivity (Wildman–Crippen MR) is 78.8 cm³/mol. The Morgan fingerprint density at radius 2 is 2.16 bits per heavy atom. The molecule has 104 valence electrons. The average Bonchev–Trinajstić information content (AvgIpc) is 2.47. The van der Waals surface area contributed by atoms with Crippen LogP contribution in [-0.4, -0.2) is 49.9 Å². The van der Waals surface area contributed by atoms with Crippen molar-refractivity contribution in [2.75, 3.05) is 34.2 Å². The molecule has 1 amide bonds. The maximum Gasteiger partial charge on any atom is 0.253 e. The fourth-order valence-corrected chi connectivity index (χ4v) is 2.78. The maximum atomic E-state index is 12.3. The summed E-state index contributed by atoms with van der Waals surface area (Å²) in [5, 5.41) is 0.632. The van der Waals surface area contributed by atoms with Crippen LogP contribution in [0.15, 0.2) is 18.2 Å². The fourth-order valence-electron chi connectivity index (χ4n) is 2.61. The Labute approximate surface area is 120 Å². The van der Waals surface area contributed by atoms with E-state index in [0.717, 1.165) is 37.1 Å². The van der Waals surface area contributed by atoms with Crippen LogP contribution in [-0.2, 0) is 6.42 Å². The first-order valence-corrected chi connectivity index (χ1v) is 7.04. The standard InChI is InChI=1S/C15H21ClN2O/c1-17(2)7-6-11-8-12-4-5-13(16)9-14(12)15(19)18(3)10-11/h4-5,9,11H,6-8,10H2,1-3H3. The second kappa shape index (κ2) is 5.93. The zero-order chi connectivity index (χ0) is 14.0. The molecule has 0 fully saturated rings. The summed E-state index contributed by atoms with van der Waals surface area (Å²) in [5.74, 6) is 0.601. The maximum absolute atomic E-state index is 12.3. The van der Waals surface area contributed by atoms with Crippen LogP contribution in [0.3, 0.4) is 0 Å². The Hall–Kier alpha value is -1.06. The first-order valence-electron chi connectivity index (χ1n) is 6.66. The van der Waals surface area contributed by atoms with Gasteiger partial charge in [-0.15, -0.1) is 0 Å². The van der Waals surface area contributed by atoms with Gasteiger partial charge in [0.05, 0.1) is 0 Å². The number of nitrogens with zero attached hydrogens (tertiary/aromatic N) is 2. The molecule has 19 heavy (non-hydrogen) atoms. The molecule has 1 aromatic carbocycles. The number of hydrogen-bond donors (Lipinski definition) is 0. The van der Waals surface area contributed by atoms with Crippen molar-refractivity contribution in [3.8, 4) is 0 Å². The van der Waals surface area contributed by atoms with E-state index in [2.05, 4.69) is 19.0 Å². The largest absolute Gasteiger partial charge is 0.341 e. The molecule has 3 nitrogen and oxygen atoms in total. The lowest BCUT2D eigenvalue weighted by Gasteiger charge is -2.21. The van der Waals surface area contributed by atoms with Crippen LogP contribution in [0.2, 0.25) is 5.02 Å². The number of carbonyl (C=O) groups is 1. The summed E-state index contributed by atoms with van der Waals surface area (Å²) in [7, 11) is 6.04. The first kappa shape index (κ1) is 14.4. The number of fused-ring (bicyclic) bond motifs is 1. The van der Waals surface area contributed by atoms with Gasteiger partial charge in [-0.25, -0.2) is 0 Å². The van der Waals surface area contributed by atoms with E-state index in [-0.39, 0.29) is 5.91 Å². The van der Waals surface area contributed by atoms with Gasteiger partial charge in [0.1, 0.15) is 0 Å². The Kier molecular flexibility index (Phi) is 4.48. The van der Waals surface area contributed by atoms with Gasteiger partial charge < -0.3 is 9.80 Å². The van der Waals surface area contributed by atoms with E-state index in [0.29, 0.717) is 10.9 Å². The Morgan fingerprint density at radius 3 is 2.84 bits per heavy atom. The third-order valence-electron chi connectivity index (χ3n) is 3.67. The van der Waals surface area contributed by atoms with Gasteiger partial charge in [0.25, 0.3) is 5.91 Å². The van der Waals surface area contributed by atoms with Gasteiger partial charge in [-0.3, -0.25) is 4.79 Å². The van der Waals surface area contributed by atoms with Crippen LogP contribution in [0.4, 0.5) is 0 Å². The third-order valence-corrected chi connectivity index (χ3v) is 3.91. The fraction of sp³-hybridized carbons (Fsp3) is 0.533. The predicted octanol–water partition coefficient (Wildman–Crippen LogP) is 2.54. The van der Waals surface area contributed by atoms with Gasteiger partial charge in [0, 0.05) is 24.2 Å². The SMILES string of the molecule is CN(C)CCC1Cc2ccc(Cl)cc2C(=O)N(C)C1. The summed E-state index contributed by atoms with van der Waals surface area (Å²) in [6.45, 7) is 1.87. The lowest BCUT2D eigenvalue weighted by Crippen LogP contribution is -2.31. The number of halogens is 1. The highest BCUT2D eigenvalue weighted by atomic mass is 35.5. The Bertz CT molecular complexity index is 473. The Morgan fingerprint density at radius 1 is 1.42 bits per heavy atom. The van der Waals surface area contributed by atoms with E-state index >= 15 is 0 Å². The number of amides is 1. The van der Waals surface area contributed by atoms with Gasteiger partial charge >= 0.3 is 0 Å². The molecular weight excluding hydrogens is 260 g/mol. The van der Waals surface area contributed by atoms with Crippen molar-refractivity contribution < 1.29 is 4.79 Å². The number of benzene rings is 1. The topological polar surface area (TPSA) is 23.6 Å². The highest BCUT2D eigenvalue weighted by Crippen LogP contribution is 2.25. The molecule has 2 rings (SSSR count). The second-order valence-corrected chi connectivity index (χ2v) is 6.09. The van der Waals surface area contributed by atoms with Crippen LogP contribution in [0.25, 0.3) is 0 Å². The minimum absolute atomic E-state index is 0.0878. The third kappa shape index (κ3) is 3.48. The van der Waals surface area contributed by atoms with Gasteiger partial charge in [-0.2, -0.15) is 0 Å². The molecule has 0 spiro atoms. The lowest BCUT2D eigenvalue weighted by atomic mass is 9.94. The van der Waals surface area contributed by atoms with Crippen molar-refractivity contribution in [1.82, 2.24) is 9.80 Å². The summed E-state index contributed by atoms with van der Waals surface area (Å²) < 4.78 is 0. The van der Waals surface area contributed by atoms with Crippen LogP contribution in [0.1, 0.15) is 22.3 Å². The summed E-state index contributed by atoms with van der Waals surface area (Å²) in [6, 6.07) is 5.67. The number of carbonyl (C=O) groups excluding carboxylic acids is 1. The molecule has 0 saturated heterocycles. The molecular formula is C15H21ClN2O. The lowest BCUT2D eigenvalue weighted by molar-refractivity contribution is 0.0779. The molecule has 4 heteroatoms. The zero-order valence-corrected chi connectivity index (χ0v) is 12.6. The highest BCUT2D eigenvalue weighted by Gasteiger charge is 2.25. The van der Waals surface area contributed by atoms with Crippen LogP contribution >= 0.6 is 11.6 Å². The molecule has 1 aromatic rings. The molecule has 0 aliphatic carbocycles. The van der Waals surface area contributed by atoms with Crippen molar-refractivity contribution in [1.29, 1.82) is 0 Å². The molecule has 1 heterocycles. The molecule has 1 aliphatic rings. The normalized spacial score (nSPS) is 19.5. The molecule has 0 saturated carbocycles. The van der Waals surface area contributed by atoms with E-state index in [1.807, 2.05) is 24.1 Å². The van der Waals surface area contributed by atoms with Crippen molar-refractivity contribution >= 4 is 17.5 Å². The molecule has 1 aliphatic heterocycles. The molecule has 0 radical (unpaired) electrons. The van der Waals surface area contributed by atoms with Crippen LogP contribution < -0.4 is 0 Å². The number of hydrogen-bond acceptors (Lipinski definition) is 2. The highest BCUT2D eigenvalue weighted by molar-refractivity contribution is 6.31. The van der Waals surface area contributed by atoms with Crippen LogP contribution in [0, 0.1) is 5.92 Å². The average molecular weight is 281 g/mol. The van der Waals surface area contributed by atoms with Crippen molar-refractivity contribution in [3.63, 3.8) is 0 Å². The summed E-state index contributed by atoms with van der Waals surface area (Å²) in [4.78, 5) is 16.3. The van der Waals surface area contributed by atoms with Gasteiger partial charge in [0.2, 0.25) is 0 Å². The van der Waals surface area contributed by atoms with E-state index < -0.39 is 0 Å². The van der Waals surface area contributed by atoms with E-state index in [9.17, 15) is 4.79 Å². The first-order chi connectivity index (χ1) is 8.97. The minimum Gasteiger partial charge on any atom is -0.341 e. The van der Waals surface area contributed by atoms with E-state index in [1.165, 1.54) is 0 Å². The summed E-state index contributed by atoms with van der Waals surface area (Å²) >= 11 is 6.00. The van der Waals surface area contributed by atoms with Gasteiger partial charge in [0.15, 0.2) is 0 Å². The molecule has 1 atom stereocenters. The van der Waals surface area contributed by atoms with Crippen molar-refractivity contribution in [2.24, 2.45) is 5.92 Å². The van der Waals surface area contributed by atoms with Crippen molar-refractivity contribution in [2.45, 2.75) is 12.8 Å². The van der Waals surface area contributed by atoms with Gasteiger partial charge in [-0.05, 0) is 57.1 Å². The van der Waals surface area contributed by atoms with E-state index in [4.69, 9.17) is 11.6 Å². The molecule has 0 aromatic heterocycles. The number of rotatable bonds is 3. The summed E-state index contributed by atoms with van der Waals surface area (Å²) in [6.07, 6.45) is 2.06. The van der Waals surface area contributed by atoms with Crippen LogP contribution in [0.5, 0.6) is 0 Å².